The number of hydrogen-bond donors (Lipinski definition) is 1. The number of aliphatic carboxylic acids is 1. The van der Waals surface area contributed by atoms with Gasteiger partial charge in [0.15, 0.2) is 11.5 Å². The van der Waals surface area contributed by atoms with Crippen LogP contribution in [0.3, 0.4) is 0 Å². The van der Waals surface area contributed by atoms with E-state index in [1.165, 1.54) is 12.1 Å². The maximum Gasteiger partial charge on any atom is 0.251 e. The van der Waals surface area contributed by atoms with E-state index >= 15 is 0 Å². The van der Waals surface area contributed by atoms with Crippen molar-refractivity contribution in [3.8, 4) is 17.2 Å². The molecular formula is C15H20NO6-. The van der Waals surface area contributed by atoms with Gasteiger partial charge in [-0.3, -0.25) is 4.79 Å². The predicted molar refractivity (Wildman–Crippen MR) is 77.3 cm³/mol. The van der Waals surface area contributed by atoms with Crippen molar-refractivity contribution in [1.82, 2.24) is 5.32 Å². The van der Waals surface area contributed by atoms with Gasteiger partial charge in [0, 0.05) is 5.56 Å². The van der Waals surface area contributed by atoms with Crippen LogP contribution < -0.4 is 24.6 Å². The molecule has 1 amide bonds. The fourth-order valence-corrected chi connectivity index (χ4v) is 1.77. The number of carbonyl (C=O) groups excluding carboxylic acids is 2. The highest BCUT2D eigenvalue weighted by Crippen LogP contribution is 2.39. The summed E-state index contributed by atoms with van der Waals surface area (Å²) < 4.78 is 16.5. The molecule has 0 heterocycles. The smallest absolute Gasteiger partial charge is 0.251 e. The summed E-state index contributed by atoms with van der Waals surface area (Å²) in [7, 11) is 0. The molecule has 0 unspecified atom stereocenters. The first-order valence-corrected chi connectivity index (χ1v) is 7.07. The summed E-state index contributed by atoms with van der Waals surface area (Å²) in [5, 5.41) is 12.7. The molecule has 1 aromatic rings. The van der Waals surface area contributed by atoms with Crippen LogP contribution in [0.5, 0.6) is 17.2 Å². The second-order valence-electron chi connectivity index (χ2n) is 4.16. The molecule has 1 rings (SSSR count). The highest BCUT2D eigenvalue weighted by atomic mass is 16.5. The van der Waals surface area contributed by atoms with Gasteiger partial charge in [-0.25, -0.2) is 0 Å². The van der Waals surface area contributed by atoms with Crippen molar-refractivity contribution in [2.24, 2.45) is 0 Å². The number of benzene rings is 1. The highest BCUT2D eigenvalue weighted by Gasteiger charge is 2.18. The summed E-state index contributed by atoms with van der Waals surface area (Å²) in [6, 6.07) is 2.98. The zero-order chi connectivity index (χ0) is 16.5. The third kappa shape index (κ3) is 4.83. The molecule has 122 valence electrons. The van der Waals surface area contributed by atoms with Gasteiger partial charge in [-0.15, -0.1) is 0 Å². The highest BCUT2D eigenvalue weighted by molar-refractivity contribution is 5.96. The summed E-state index contributed by atoms with van der Waals surface area (Å²) in [5.41, 5.74) is 0.219. The van der Waals surface area contributed by atoms with Crippen LogP contribution in [0.4, 0.5) is 0 Å². The van der Waals surface area contributed by atoms with Gasteiger partial charge in [0.05, 0.1) is 32.3 Å². The maximum atomic E-state index is 12.0. The van der Waals surface area contributed by atoms with Crippen molar-refractivity contribution in [2.75, 3.05) is 26.4 Å². The Morgan fingerprint density at radius 1 is 1.00 bits per heavy atom. The minimum atomic E-state index is -1.37. The average Bonchev–Trinajstić information content (AvgIpc) is 2.48. The molecule has 0 radical (unpaired) electrons. The van der Waals surface area contributed by atoms with Crippen LogP contribution in [0.1, 0.15) is 31.1 Å². The van der Waals surface area contributed by atoms with Gasteiger partial charge < -0.3 is 29.4 Å². The first kappa shape index (κ1) is 17.6. The minimum absolute atomic E-state index is 0.219. The van der Waals surface area contributed by atoms with E-state index in [-0.39, 0.29) is 5.56 Å². The second kappa shape index (κ2) is 8.76. The van der Waals surface area contributed by atoms with Crippen LogP contribution in [0.15, 0.2) is 12.1 Å². The van der Waals surface area contributed by atoms with E-state index in [9.17, 15) is 14.7 Å². The van der Waals surface area contributed by atoms with Crippen LogP contribution in [0.2, 0.25) is 0 Å². The van der Waals surface area contributed by atoms with Gasteiger partial charge in [0.25, 0.3) is 5.91 Å². The van der Waals surface area contributed by atoms with E-state index in [1.54, 1.807) is 13.8 Å². The number of hydrogen-bond acceptors (Lipinski definition) is 6. The minimum Gasteiger partial charge on any atom is -0.548 e. The van der Waals surface area contributed by atoms with Gasteiger partial charge in [-0.1, -0.05) is 0 Å². The Morgan fingerprint density at radius 3 is 1.91 bits per heavy atom. The second-order valence-corrected chi connectivity index (χ2v) is 4.16. The molecular weight excluding hydrogens is 290 g/mol. The Morgan fingerprint density at radius 2 is 1.50 bits per heavy atom. The van der Waals surface area contributed by atoms with Gasteiger partial charge in [-0.2, -0.15) is 0 Å². The zero-order valence-electron chi connectivity index (χ0n) is 12.9. The lowest BCUT2D eigenvalue weighted by atomic mass is 10.1. The molecule has 7 heteroatoms. The average molecular weight is 310 g/mol. The number of ether oxygens (including phenoxy) is 3. The van der Waals surface area contributed by atoms with E-state index in [0.717, 1.165) is 0 Å². The summed E-state index contributed by atoms with van der Waals surface area (Å²) >= 11 is 0. The quantitative estimate of drug-likeness (QED) is 0.707. The Bertz CT molecular complexity index is 502. The Kier molecular flexibility index (Phi) is 7.01. The molecule has 22 heavy (non-hydrogen) atoms. The van der Waals surface area contributed by atoms with E-state index in [4.69, 9.17) is 14.2 Å². The fraction of sp³-hybridized carbons (Fsp3) is 0.467. The van der Waals surface area contributed by atoms with Gasteiger partial charge in [0.1, 0.15) is 0 Å². The number of rotatable bonds is 9. The fourth-order valence-electron chi connectivity index (χ4n) is 1.77. The molecule has 7 nitrogen and oxygen atoms in total. The molecule has 0 fully saturated rings. The zero-order valence-corrected chi connectivity index (χ0v) is 12.9. The summed E-state index contributed by atoms with van der Waals surface area (Å²) in [5.74, 6) is -0.769. The van der Waals surface area contributed by atoms with Crippen LogP contribution in [0.25, 0.3) is 0 Å². The molecule has 1 aromatic carbocycles. The van der Waals surface area contributed by atoms with Crippen LogP contribution >= 0.6 is 0 Å². The topological polar surface area (TPSA) is 96.9 Å². The van der Waals surface area contributed by atoms with Crippen molar-refractivity contribution in [3.63, 3.8) is 0 Å². The number of carbonyl (C=O) groups is 2. The number of amides is 1. The molecule has 0 bridgehead atoms. The lowest BCUT2D eigenvalue weighted by Crippen LogP contribution is -2.37. The van der Waals surface area contributed by atoms with Crippen molar-refractivity contribution >= 4 is 11.9 Å². The molecule has 0 spiro atoms. The van der Waals surface area contributed by atoms with Crippen molar-refractivity contribution in [2.45, 2.75) is 20.8 Å². The largest absolute Gasteiger partial charge is 0.548 e. The Balaban J connectivity index is 3.17. The van der Waals surface area contributed by atoms with Gasteiger partial charge in [0.2, 0.25) is 5.75 Å². The van der Waals surface area contributed by atoms with Crippen molar-refractivity contribution in [3.05, 3.63) is 17.7 Å². The standard InChI is InChI=1S/C15H21NO6/c1-4-20-11-7-10(15(19)16-9-13(17)18)8-12(21-5-2)14(11)22-6-3/h7-8H,4-6,9H2,1-3H3,(H,16,19)(H,17,18)/p-1. The number of carboxylic acids is 1. The Labute approximate surface area is 129 Å². The first-order chi connectivity index (χ1) is 10.5. The summed E-state index contributed by atoms with van der Waals surface area (Å²) in [4.78, 5) is 22.4. The van der Waals surface area contributed by atoms with E-state index in [2.05, 4.69) is 5.32 Å². The van der Waals surface area contributed by atoms with Gasteiger partial charge >= 0.3 is 0 Å². The van der Waals surface area contributed by atoms with E-state index in [1.807, 2.05) is 6.92 Å². The van der Waals surface area contributed by atoms with Gasteiger partial charge in [-0.05, 0) is 32.9 Å². The molecule has 0 aliphatic rings. The van der Waals surface area contributed by atoms with Crippen LogP contribution in [0, 0.1) is 0 Å². The molecule has 0 aliphatic carbocycles. The summed E-state index contributed by atoms with van der Waals surface area (Å²) in [6.45, 7) is 6.05. The Hall–Kier alpha value is -2.44. The van der Waals surface area contributed by atoms with E-state index < -0.39 is 18.4 Å². The van der Waals surface area contributed by atoms with Crippen molar-refractivity contribution < 1.29 is 28.9 Å². The van der Waals surface area contributed by atoms with Crippen molar-refractivity contribution in [1.29, 1.82) is 0 Å². The molecule has 0 aliphatic heterocycles. The normalized spacial score (nSPS) is 9.95. The third-order valence-corrected chi connectivity index (χ3v) is 2.56. The predicted octanol–water partition coefficient (Wildman–Crippen LogP) is 0.362. The molecule has 0 atom stereocenters. The maximum absolute atomic E-state index is 12.0. The number of nitrogens with one attached hydrogen (secondary N) is 1. The molecule has 0 saturated heterocycles. The first-order valence-electron chi connectivity index (χ1n) is 7.07. The SMILES string of the molecule is CCOc1cc(C(=O)NCC(=O)[O-])cc(OCC)c1OCC. The molecule has 0 saturated carbocycles. The van der Waals surface area contributed by atoms with E-state index in [0.29, 0.717) is 37.1 Å². The third-order valence-electron chi connectivity index (χ3n) is 2.56. The molecule has 1 N–H and O–H groups in total. The monoisotopic (exact) mass is 310 g/mol. The summed E-state index contributed by atoms with van der Waals surface area (Å²) in [6.07, 6.45) is 0. The lowest BCUT2D eigenvalue weighted by Gasteiger charge is -2.17. The lowest BCUT2D eigenvalue weighted by molar-refractivity contribution is -0.303. The molecule has 0 aromatic heterocycles. The van der Waals surface area contributed by atoms with Crippen LogP contribution in [-0.4, -0.2) is 38.2 Å². The number of carboxylic acid groups (broad SMARTS) is 1. The van der Waals surface area contributed by atoms with Crippen LogP contribution in [-0.2, 0) is 4.79 Å².